The molecule has 1 saturated carbocycles. The van der Waals surface area contributed by atoms with Crippen molar-refractivity contribution in [2.45, 2.75) is 115 Å². The normalized spacial score (nSPS) is 25.5. The molecule has 2 bridgehead atoms. The second-order valence-electron chi connectivity index (χ2n) is 11.3. The number of aryl methyl sites for hydroxylation is 1. The van der Waals surface area contributed by atoms with Gasteiger partial charge in [-0.3, -0.25) is 9.69 Å². The van der Waals surface area contributed by atoms with Gasteiger partial charge in [-0.25, -0.2) is 0 Å². The zero-order chi connectivity index (χ0) is 25.2. The van der Waals surface area contributed by atoms with E-state index in [1.54, 1.807) is 11.3 Å². The Morgan fingerprint density at radius 3 is 2.50 bits per heavy atom. The van der Waals surface area contributed by atoms with Crippen LogP contribution in [0.25, 0.3) is 0 Å². The van der Waals surface area contributed by atoms with Crippen LogP contribution in [0.3, 0.4) is 0 Å². The molecule has 4 heterocycles. The van der Waals surface area contributed by atoms with Crippen LogP contribution in [-0.4, -0.2) is 44.2 Å². The molecule has 1 aliphatic carbocycles. The van der Waals surface area contributed by atoms with E-state index in [2.05, 4.69) is 57.0 Å². The van der Waals surface area contributed by atoms with Gasteiger partial charge in [0.05, 0.1) is 6.04 Å². The molecule has 3 aliphatic rings. The van der Waals surface area contributed by atoms with E-state index in [9.17, 15) is 9.70 Å². The number of nitrogens with one attached hydrogen (secondary N) is 1. The summed E-state index contributed by atoms with van der Waals surface area (Å²) in [5.41, 5.74) is 0. The molecule has 196 valence electrons. The van der Waals surface area contributed by atoms with Crippen LogP contribution in [0, 0.1) is 17.7 Å². The number of hydrogen-bond donors (Lipinski definition) is 1. The number of rotatable bonds is 10. The van der Waals surface area contributed by atoms with Crippen molar-refractivity contribution in [3.05, 3.63) is 38.4 Å². The molecule has 3 fully saturated rings. The highest BCUT2D eigenvalue weighted by Gasteiger charge is 2.42. The van der Waals surface area contributed by atoms with Crippen LogP contribution in [0.2, 0.25) is 0 Å². The summed E-state index contributed by atoms with van der Waals surface area (Å²) in [6, 6.07) is 5.67. The first-order valence-electron chi connectivity index (χ1n) is 13.8. The van der Waals surface area contributed by atoms with E-state index in [0.717, 1.165) is 72.9 Å². The molecule has 36 heavy (non-hydrogen) atoms. The molecule has 2 aromatic heterocycles. The van der Waals surface area contributed by atoms with Crippen LogP contribution in [0.15, 0.2) is 17.3 Å². The number of nitroso groups, excluding NO2 is 1. The number of carbonyl (C=O) groups is 1. The average molecular weight is 513 g/mol. The number of amides is 1. The van der Waals surface area contributed by atoms with Gasteiger partial charge in [0.15, 0.2) is 0 Å². The third kappa shape index (κ3) is 5.28. The highest BCUT2D eigenvalue weighted by molar-refractivity contribution is 7.12. The summed E-state index contributed by atoms with van der Waals surface area (Å²) in [6.07, 6.45) is 9.97. The van der Waals surface area contributed by atoms with Crippen molar-refractivity contribution in [2.24, 2.45) is 11.1 Å². The van der Waals surface area contributed by atoms with Crippen molar-refractivity contribution in [2.75, 3.05) is 6.54 Å². The molecule has 0 aromatic carbocycles. The lowest BCUT2D eigenvalue weighted by Crippen LogP contribution is -2.45. The van der Waals surface area contributed by atoms with Gasteiger partial charge in [-0.1, -0.05) is 31.9 Å². The molecule has 9 heteroatoms. The minimum Gasteiger partial charge on any atom is -0.348 e. The first kappa shape index (κ1) is 25.5. The number of hydrogen-bond acceptors (Lipinski definition) is 7. The predicted molar refractivity (Wildman–Crippen MR) is 142 cm³/mol. The van der Waals surface area contributed by atoms with Crippen molar-refractivity contribution in [3.8, 4) is 0 Å². The van der Waals surface area contributed by atoms with E-state index in [4.69, 9.17) is 0 Å². The van der Waals surface area contributed by atoms with Gasteiger partial charge in [0.2, 0.25) is 5.91 Å². The maximum atomic E-state index is 13.0. The Hall–Kier alpha value is -2.13. The Morgan fingerprint density at radius 1 is 1.11 bits per heavy atom. The number of aromatic nitrogens is 3. The summed E-state index contributed by atoms with van der Waals surface area (Å²) in [7, 11) is 0. The van der Waals surface area contributed by atoms with Crippen LogP contribution >= 0.6 is 11.3 Å². The average Bonchev–Trinajstić information content (AvgIpc) is 3.64. The fraction of sp³-hybridized carbons (Fsp3) is 0.741. The summed E-state index contributed by atoms with van der Waals surface area (Å²) in [5.74, 6) is 2.86. The predicted octanol–water partition coefficient (Wildman–Crippen LogP) is 5.64. The van der Waals surface area contributed by atoms with Crippen LogP contribution in [-0.2, 0) is 11.3 Å². The summed E-state index contributed by atoms with van der Waals surface area (Å²) >= 11 is 1.61. The second-order valence-corrected chi connectivity index (χ2v) is 12.5. The van der Waals surface area contributed by atoms with Crippen molar-refractivity contribution in [1.82, 2.24) is 25.0 Å². The molecule has 2 aromatic rings. The Labute approximate surface area is 218 Å². The standard InChI is InChI=1S/C27H40N6O2S/c1-17(2)26-31-30-18(3)33(26)22-14-20-8-9-21(15-22)32(20)13-12-24(25-11-10-23(36-25)16-28-35)29-27(34)19-6-4-5-7-19/h10-11,17,19-22,24H,4-9,12-16H2,1-3H3,(H,29,34)/t20?,21?,22?,24-/m0/s1. The van der Waals surface area contributed by atoms with Gasteiger partial charge >= 0.3 is 0 Å². The van der Waals surface area contributed by atoms with Crippen LogP contribution in [0.4, 0.5) is 0 Å². The maximum Gasteiger partial charge on any atom is 0.223 e. The fourth-order valence-corrected chi connectivity index (χ4v) is 7.83. The zero-order valence-electron chi connectivity index (χ0n) is 21.9. The third-order valence-electron chi connectivity index (χ3n) is 8.60. The van der Waals surface area contributed by atoms with Gasteiger partial charge in [0.25, 0.3) is 0 Å². The van der Waals surface area contributed by atoms with Crippen LogP contribution in [0.5, 0.6) is 0 Å². The highest BCUT2D eigenvalue weighted by atomic mass is 32.1. The van der Waals surface area contributed by atoms with Crippen molar-refractivity contribution in [3.63, 3.8) is 0 Å². The number of thiophene rings is 1. The summed E-state index contributed by atoms with van der Waals surface area (Å²) in [4.78, 5) is 28.6. The summed E-state index contributed by atoms with van der Waals surface area (Å²) < 4.78 is 2.41. The molecule has 2 saturated heterocycles. The van der Waals surface area contributed by atoms with Gasteiger partial charge < -0.3 is 9.88 Å². The van der Waals surface area contributed by atoms with Crippen molar-refractivity contribution < 1.29 is 4.79 Å². The molecule has 8 nitrogen and oxygen atoms in total. The first-order chi connectivity index (χ1) is 17.4. The molecular weight excluding hydrogens is 472 g/mol. The molecule has 5 rings (SSSR count). The fourth-order valence-electron chi connectivity index (χ4n) is 6.82. The van der Waals surface area contributed by atoms with Gasteiger partial charge in [0, 0.05) is 46.3 Å². The Balaban J connectivity index is 1.27. The molecule has 1 amide bonds. The van der Waals surface area contributed by atoms with Gasteiger partial charge in [-0.2, -0.15) is 4.91 Å². The smallest absolute Gasteiger partial charge is 0.223 e. The maximum absolute atomic E-state index is 13.0. The Morgan fingerprint density at radius 2 is 1.83 bits per heavy atom. The first-order valence-corrected chi connectivity index (χ1v) is 14.6. The van der Waals surface area contributed by atoms with E-state index in [1.807, 2.05) is 6.07 Å². The molecule has 2 aliphatic heterocycles. The molecule has 0 spiro atoms. The lowest BCUT2D eigenvalue weighted by atomic mass is 9.95. The Kier molecular flexibility index (Phi) is 7.86. The number of piperidine rings is 1. The second kappa shape index (κ2) is 11.1. The minimum atomic E-state index is -0.00624. The topological polar surface area (TPSA) is 92.5 Å². The van der Waals surface area contributed by atoms with E-state index >= 15 is 0 Å². The molecule has 3 atom stereocenters. The lowest BCUT2D eigenvalue weighted by Gasteiger charge is -2.40. The minimum absolute atomic E-state index is 0.00624. The summed E-state index contributed by atoms with van der Waals surface area (Å²) in [5, 5.41) is 15.3. The zero-order valence-corrected chi connectivity index (χ0v) is 22.7. The number of carbonyl (C=O) groups excluding carboxylic acids is 1. The van der Waals surface area contributed by atoms with E-state index in [0.29, 0.717) is 24.0 Å². The quantitative estimate of drug-likeness (QED) is 0.416. The SMILES string of the molecule is Cc1nnc(C(C)C)n1C1CC2CCC(C1)N2CC[C@H](NC(=O)C1CCCC1)c1ccc(CN=O)s1. The van der Waals surface area contributed by atoms with Gasteiger partial charge in [0.1, 0.15) is 18.2 Å². The van der Waals surface area contributed by atoms with E-state index in [1.165, 1.54) is 12.8 Å². The van der Waals surface area contributed by atoms with Gasteiger partial charge in [-0.15, -0.1) is 21.5 Å². The summed E-state index contributed by atoms with van der Waals surface area (Å²) in [6.45, 7) is 7.66. The molecule has 2 unspecified atom stereocenters. The van der Waals surface area contributed by atoms with E-state index in [-0.39, 0.29) is 24.4 Å². The van der Waals surface area contributed by atoms with E-state index < -0.39 is 0 Å². The van der Waals surface area contributed by atoms with Gasteiger partial charge in [-0.05, 0) is 64.0 Å². The van der Waals surface area contributed by atoms with Crippen molar-refractivity contribution >= 4 is 17.2 Å². The van der Waals surface area contributed by atoms with Crippen LogP contribution < -0.4 is 5.32 Å². The lowest BCUT2D eigenvalue weighted by molar-refractivity contribution is -0.125. The highest BCUT2D eigenvalue weighted by Crippen LogP contribution is 2.42. The Bertz CT molecular complexity index is 1040. The van der Waals surface area contributed by atoms with Crippen LogP contribution in [0.1, 0.15) is 111 Å². The van der Waals surface area contributed by atoms with Crippen molar-refractivity contribution in [1.29, 1.82) is 0 Å². The third-order valence-corrected chi connectivity index (χ3v) is 9.78. The molecule has 0 radical (unpaired) electrons. The molecular formula is C27H40N6O2S. The largest absolute Gasteiger partial charge is 0.348 e. The number of fused-ring (bicyclic) bond motifs is 2. The molecule has 1 N–H and O–H groups in total. The monoisotopic (exact) mass is 512 g/mol. The number of nitrogens with zero attached hydrogens (tertiary/aromatic N) is 5.